The first kappa shape index (κ1) is 14.5. The van der Waals surface area contributed by atoms with Crippen LogP contribution in [0.4, 0.5) is 0 Å². The monoisotopic (exact) mass is 250 g/mol. The highest BCUT2D eigenvalue weighted by Crippen LogP contribution is 2.13. The second kappa shape index (κ2) is 6.40. The van der Waals surface area contributed by atoms with Crippen LogP contribution in [0.3, 0.4) is 0 Å². The molecule has 0 bridgehead atoms. The van der Waals surface area contributed by atoms with Gasteiger partial charge in [0.15, 0.2) is 6.61 Å². The highest BCUT2D eigenvalue weighted by molar-refractivity contribution is 5.78. The van der Waals surface area contributed by atoms with Crippen LogP contribution >= 0.6 is 0 Å². The molecule has 0 saturated carbocycles. The van der Waals surface area contributed by atoms with Crippen molar-refractivity contribution in [3.05, 3.63) is 29.8 Å². The first-order valence-electron chi connectivity index (χ1n) is 6.08. The molecular weight excluding hydrogens is 228 g/mol. The molecule has 18 heavy (non-hydrogen) atoms. The molecule has 0 heterocycles. The van der Waals surface area contributed by atoms with Crippen LogP contribution in [0.25, 0.3) is 0 Å². The molecule has 0 atom stereocenters. The van der Waals surface area contributed by atoms with Crippen LogP contribution in [0.2, 0.25) is 0 Å². The Labute approximate surface area is 109 Å². The molecule has 0 radical (unpaired) electrons. The van der Waals surface area contributed by atoms with Gasteiger partial charge in [0.25, 0.3) is 5.91 Å². The molecule has 1 rings (SSSR count). The van der Waals surface area contributed by atoms with Crippen LogP contribution in [0, 0.1) is 0 Å². The van der Waals surface area contributed by atoms with Crippen molar-refractivity contribution in [1.82, 2.24) is 10.6 Å². The number of carbonyl (C=O) groups is 1. The van der Waals surface area contributed by atoms with Gasteiger partial charge in [0.2, 0.25) is 0 Å². The lowest BCUT2D eigenvalue weighted by atomic mass is 10.1. The molecule has 0 unspecified atom stereocenters. The van der Waals surface area contributed by atoms with Crippen molar-refractivity contribution in [2.75, 3.05) is 13.7 Å². The molecule has 0 aliphatic carbocycles. The lowest BCUT2D eigenvalue weighted by molar-refractivity contribution is -0.124. The Hall–Kier alpha value is -1.55. The number of amides is 1. The zero-order valence-corrected chi connectivity index (χ0v) is 11.5. The van der Waals surface area contributed by atoms with E-state index in [0.29, 0.717) is 5.75 Å². The summed E-state index contributed by atoms with van der Waals surface area (Å²) in [5, 5.41) is 5.93. The first-order chi connectivity index (χ1) is 8.40. The van der Waals surface area contributed by atoms with Gasteiger partial charge in [-0.05, 0) is 45.5 Å². The van der Waals surface area contributed by atoms with E-state index in [-0.39, 0.29) is 18.1 Å². The van der Waals surface area contributed by atoms with E-state index in [0.717, 1.165) is 12.1 Å². The number of carbonyl (C=O) groups excluding carboxylic acids is 1. The van der Waals surface area contributed by atoms with Crippen molar-refractivity contribution >= 4 is 5.91 Å². The molecule has 4 heteroatoms. The predicted octanol–water partition coefficient (Wildman–Crippen LogP) is 1.70. The van der Waals surface area contributed by atoms with Crippen molar-refractivity contribution in [2.24, 2.45) is 0 Å². The second-order valence-electron chi connectivity index (χ2n) is 5.26. The topological polar surface area (TPSA) is 50.4 Å². The molecule has 0 aromatic heterocycles. The lowest BCUT2D eigenvalue weighted by Gasteiger charge is -2.20. The van der Waals surface area contributed by atoms with E-state index >= 15 is 0 Å². The fourth-order valence-corrected chi connectivity index (χ4v) is 1.55. The van der Waals surface area contributed by atoms with Crippen molar-refractivity contribution in [3.8, 4) is 5.75 Å². The van der Waals surface area contributed by atoms with E-state index in [9.17, 15) is 4.79 Å². The summed E-state index contributed by atoms with van der Waals surface area (Å²) in [7, 11) is 1.89. The van der Waals surface area contributed by atoms with E-state index in [1.807, 2.05) is 52.1 Å². The summed E-state index contributed by atoms with van der Waals surface area (Å²) in [6.45, 7) is 6.65. The second-order valence-corrected chi connectivity index (χ2v) is 5.26. The maximum absolute atomic E-state index is 11.6. The van der Waals surface area contributed by atoms with E-state index in [1.165, 1.54) is 0 Å². The Kier molecular flexibility index (Phi) is 5.16. The Balaban J connectivity index is 2.48. The third-order valence-corrected chi connectivity index (χ3v) is 2.16. The summed E-state index contributed by atoms with van der Waals surface area (Å²) in [5.41, 5.74) is 0.903. The Bertz CT molecular complexity index is 397. The fraction of sp³-hybridized carbons (Fsp3) is 0.500. The summed E-state index contributed by atoms with van der Waals surface area (Å²) in [6.07, 6.45) is 0. The van der Waals surface area contributed by atoms with Crippen molar-refractivity contribution < 1.29 is 9.53 Å². The van der Waals surface area contributed by atoms with Gasteiger partial charge in [-0.15, -0.1) is 0 Å². The zero-order valence-electron chi connectivity index (χ0n) is 11.5. The largest absolute Gasteiger partial charge is 0.484 e. The highest BCUT2D eigenvalue weighted by atomic mass is 16.5. The van der Waals surface area contributed by atoms with Crippen LogP contribution in [0.1, 0.15) is 26.3 Å². The highest BCUT2D eigenvalue weighted by Gasteiger charge is 2.13. The number of rotatable bonds is 5. The maximum Gasteiger partial charge on any atom is 0.258 e. The molecule has 1 aromatic rings. The summed E-state index contributed by atoms with van der Waals surface area (Å²) < 4.78 is 5.46. The molecular formula is C14H22N2O2. The third-order valence-electron chi connectivity index (χ3n) is 2.16. The molecule has 1 aromatic carbocycles. The van der Waals surface area contributed by atoms with Crippen LogP contribution in [0.15, 0.2) is 24.3 Å². The number of ether oxygens (including phenoxy) is 1. The fourth-order valence-electron chi connectivity index (χ4n) is 1.55. The van der Waals surface area contributed by atoms with E-state index < -0.39 is 0 Å². The van der Waals surface area contributed by atoms with Crippen LogP contribution in [-0.2, 0) is 11.3 Å². The molecule has 0 saturated heterocycles. The molecule has 4 nitrogen and oxygen atoms in total. The molecule has 1 amide bonds. The van der Waals surface area contributed by atoms with Gasteiger partial charge in [-0.1, -0.05) is 12.1 Å². The van der Waals surface area contributed by atoms with Crippen LogP contribution < -0.4 is 15.4 Å². The number of hydrogen-bond acceptors (Lipinski definition) is 3. The Morgan fingerprint density at radius 1 is 1.33 bits per heavy atom. The molecule has 0 aliphatic heterocycles. The van der Waals surface area contributed by atoms with Gasteiger partial charge in [0.05, 0.1) is 0 Å². The molecule has 0 fully saturated rings. The minimum Gasteiger partial charge on any atom is -0.484 e. The minimum atomic E-state index is -0.228. The average Bonchev–Trinajstić information content (AvgIpc) is 2.25. The third kappa shape index (κ3) is 5.68. The van der Waals surface area contributed by atoms with Gasteiger partial charge in [0, 0.05) is 12.1 Å². The quantitative estimate of drug-likeness (QED) is 0.836. The molecule has 0 aliphatic rings. The first-order valence-corrected chi connectivity index (χ1v) is 6.08. The molecule has 2 N–H and O–H groups in total. The Morgan fingerprint density at radius 2 is 2.06 bits per heavy atom. The standard InChI is InChI=1S/C14H22N2O2/c1-14(2,3)16-13(17)10-18-12-7-5-6-11(8-12)9-15-4/h5-8,15H,9-10H2,1-4H3,(H,16,17). The maximum atomic E-state index is 11.6. The van der Waals surface area contributed by atoms with E-state index in [4.69, 9.17) is 4.74 Å². The Morgan fingerprint density at radius 3 is 2.67 bits per heavy atom. The molecule has 0 spiro atoms. The van der Waals surface area contributed by atoms with Crippen molar-refractivity contribution in [3.63, 3.8) is 0 Å². The zero-order chi connectivity index (χ0) is 13.6. The normalized spacial score (nSPS) is 11.1. The van der Waals surface area contributed by atoms with E-state index in [2.05, 4.69) is 10.6 Å². The SMILES string of the molecule is CNCc1cccc(OCC(=O)NC(C)(C)C)c1. The number of benzene rings is 1. The predicted molar refractivity (Wildman–Crippen MR) is 72.6 cm³/mol. The van der Waals surface area contributed by atoms with Crippen molar-refractivity contribution in [1.29, 1.82) is 0 Å². The summed E-state index contributed by atoms with van der Waals surface area (Å²) in [5.74, 6) is 0.605. The van der Waals surface area contributed by atoms with Crippen LogP contribution in [-0.4, -0.2) is 25.1 Å². The van der Waals surface area contributed by atoms with Gasteiger partial charge >= 0.3 is 0 Å². The van der Waals surface area contributed by atoms with Gasteiger partial charge in [-0.25, -0.2) is 0 Å². The van der Waals surface area contributed by atoms with Gasteiger partial charge in [-0.2, -0.15) is 0 Å². The van der Waals surface area contributed by atoms with Gasteiger partial charge in [0.1, 0.15) is 5.75 Å². The molecule has 100 valence electrons. The summed E-state index contributed by atoms with van der Waals surface area (Å²) in [6, 6.07) is 7.71. The smallest absolute Gasteiger partial charge is 0.258 e. The lowest BCUT2D eigenvalue weighted by Crippen LogP contribution is -2.43. The van der Waals surface area contributed by atoms with Crippen LogP contribution in [0.5, 0.6) is 5.75 Å². The summed E-state index contributed by atoms with van der Waals surface area (Å²) in [4.78, 5) is 11.6. The van der Waals surface area contributed by atoms with E-state index in [1.54, 1.807) is 0 Å². The van der Waals surface area contributed by atoms with Crippen molar-refractivity contribution in [2.45, 2.75) is 32.9 Å². The number of nitrogens with one attached hydrogen (secondary N) is 2. The summed E-state index contributed by atoms with van der Waals surface area (Å²) >= 11 is 0. The minimum absolute atomic E-state index is 0.0419. The number of hydrogen-bond donors (Lipinski definition) is 2. The van der Waals surface area contributed by atoms with Gasteiger partial charge < -0.3 is 15.4 Å². The van der Waals surface area contributed by atoms with Gasteiger partial charge in [-0.3, -0.25) is 4.79 Å². The average molecular weight is 250 g/mol.